The third-order valence-electron chi connectivity index (χ3n) is 5.40. The van der Waals surface area contributed by atoms with E-state index in [0.29, 0.717) is 49.2 Å². The average molecular weight is 475 g/mol. The summed E-state index contributed by atoms with van der Waals surface area (Å²) in [5, 5.41) is 15.3. The number of nitrogens with two attached hydrogens (primary N) is 2. The highest BCUT2D eigenvalue weighted by Gasteiger charge is 2.21. The molecule has 0 aliphatic carbocycles. The minimum atomic E-state index is -0.870. The predicted octanol–water partition coefficient (Wildman–Crippen LogP) is 2.74. The summed E-state index contributed by atoms with van der Waals surface area (Å²) >= 11 is 0. The van der Waals surface area contributed by atoms with Gasteiger partial charge in [-0.25, -0.2) is 9.37 Å². The Morgan fingerprint density at radius 1 is 1.11 bits per heavy atom. The Morgan fingerprint density at radius 3 is 2.63 bits per heavy atom. The summed E-state index contributed by atoms with van der Waals surface area (Å²) in [7, 11) is 0. The molecule has 1 heterocycles. The maximum absolute atomic E-state index is 13.5. The van der Waals surface area contributed by atoms with Crippen molar-refractivity contribution < 1.29 is 14.0 Å². The van der Waals surface area contributed by atoms with Gasteiger partial charge in [0.05, 0.1) is 22.9 Å². The molecule has 0 aliphatic rings. The molecule has 180 valence electrons. The van der Waals surface area contributed by atoms with Gasteiger partial charge in [-0.05, 0) is 61.7 Å². The lowest BCUT2D eigenvalue weighted by Crippen LogP contribution is -2.44. The van der Waals surface area contributed by atoms with E-state index in [1.807, 2.05) is 0 Å². The monoisotopic (exact) mass is 474 g/mol. The molecule has 8 nitrogen and oxygen atoms in total. The molecule has 0 saturated heterocycles. The molecule has 3 aromatic rings. The third-order valence-corrected chi connectivity index (χ3v) is 5.40. The number of halogens is 1. The van der Waals surface area contributed by atoms with Crippen molar-refractivity contribution >= 4 is 17.6 Å². The number of nitrogens with one attached hydrogen (secondary N) is 2. The number of nitriles is 1. The molecule has 0 radical (unpaired) electrons. The summed E-state index contributed by atoms with van der Waals surface area (Å²) in [6.07, 6.45) is 1.33. The van der Waals surface area contributed by atoms with Crippen LogP contribution in [0.3, 0.4) is 0 Å². The Morgan fingerprint density at radius 2 is 1.91 bits per heavy atom. The number of benzene rings is 2. The fraction of sp³-hybridized carbons (Fsp3) is 0.231. The van der Waals surface area contributed by atoms with Gasteiger partial charge in [0.2, 0.25) is 5.91 Å². The van der Waals surface area contributed by atoms with Crippen molar-refractivity contribution in [2.75, 3.05) is 18.4 Å². The van der Waals surface area contributed by atoms with Gasteiger partial charge in [0.1, 0.15) is 17.7 Å². The molecule has 1 aromatic heterocycles. The van der Waals surface area contributed by atoms with Gasteiger partial charge in [-0.1, -0.05) is 30.3 Å². The lowest BCUT2D eigenvalue weighted by atomic mass is 10.0. The van der Waals surface area contributed by atoms with Gasteiger partial charge in [0.15, 0.2) is 0 Å². The predicted molar refractivity (Wildman–Crippen MR) is 132 cm³/mol. The van der Waals surface area contributed by atoms with Crippen molar-refractivity contribution in [1.82, 2.24) is 10.3 Å². The fourth-order valence-electron chi connectivity index (χ4n) is 3.59. The average Bonchev–Trinajstić information content (AvgIpc) is 2.86. The number of pyridine rings is 1. The molecule has 0 aliphatic heterocycles. The van der Waals surface area contributed by atoms with Crippen LogP contribution in [0.15, 0.2) is 60.7 Å². The van der Waals surface area contributed by atoms with E-state index in [9.17, 15) is 19.2 Å². The van der Waals surface area contributed by atoms with Gasteiger partial charge in [0, 0.05) is 12.1 Å². The van der Waals surface area contributed by atoms with Crippen LogP contribution in [0.25, 0.3) is 11.3 Å². The summed E-state index contributed by atoms with van der Waals surface area (Å²) in [6, 6.07) is 17.8. The summed E-state index contributed by atoms with van der Waals surface area (Å²) in [5.41, 5.74) is 13.5. The molecule has 0 bridgehead atoms. The van der Waals surface area contributed by atoms with Crippen LogP contribution in [-0.2, 0) is 11.2 Å². The number of primary amides is 1. The van der Waals surface area contributed by atoms with E-state index in [1.165, 1.54) is 12.1 Å². The van der Waals surface area contributed by atoms with Crippen molar-refractivity contribution in [3.8, 4) is 17.3 Å². The van der Waals surface area contributed by atoms with Crippen molar-refractivity contribution in [3.63, 3.8) is 0 Å². The van der Waals surface area contributed by atoms with E-state index in [0.717, 1.165) is 5.56 Å². The Kier molecular flexibility index (Phi) is 8.87. The van der Waals surface area contributed by atoms with Gasteiger partial charge in [-0.3, -0.25) is 9.59 Å². The molecule has 1 unspecified atom stereocenters. The van der Waals surface area contributed by atoms with Crippen LogP contribution in [0.5, 0.6) is 0 Å². The van der Waals surface area contributed by atoms with Gasteiger partial charge >= 0.3 is 0 Å². The highest BCUT2D eigenvalue weighted by Crippen LogP contribution is 2.25. The number of nitrogens with zero attached hydrogens (tertiary/aromatic N) is 2. The van der Waals surface area contributed by atoms with Crippen molar-refractivity contribution in [1.29, 1.82) is 5.26 Å². The number of carbonyl (C=O) groups is 2. The van der Waals surface area contributed by atoms with Crippen molar-refractivity contribution in [2.24, 2.45) is 11.5 Å². The largest absolute Gasteiger partial charge is 0.369 e. The summed E-state index contributed by atoms with van der Waals surface area (Å²) in [4.78, 5) is 29.5. The van der Waals surface area contributed by atoms with E-state index in [-0.39, 0.29) is 17.2 Å². The second-order valence-electron chi connectivity index (χ2n) is 7.92. The number of rotatable bonds is 11. The van der Waals surface area contributed by atoms with E-state index in [1.54, 1.807) is 48.5 Å². The van der Waals surface area contributed by atoms with Crippen molar-refractivity contribution in [3.05, 3.63) is 83.2 Å². The first-order valence-corrected chi connectivity index (χ1v) is 11.2. The van der Waals surface area contributed by atoms with Crippen LogP contribution in [-0.4, -0.2) is 35.9 Å². The summed E-state index contributed by atoms with van der Waals surface area (Å²) < 4.78 is 13.5. The summed E-state index contributed by atoms with van der Waals surface area (Å²) in [5.74, 6) is -1.23. The Bertz CT molecular complexity index is 1240. The Hall–Kier alpha value is -4.29. The Labute approximate surface area is 203 Å². The first-order valence-electron chi connectivity index (χ1n) is 11.2. The number of anilines is 1. The minimum Gasteiger partial charge on any atom is -0.369 e. The van der Waals surface area contributed by atoms with Crippen LogP contribution in [0.4, 0.5) is 10.2 Å². The number of hydrogen-bond donors (Lipinski definition) is 4. The second-order valence-corrected chi connectivity index (χ2v) is 7.92. The van der Waals surface area contributed by atoms with Crippen molar-refractivity contribution in [2.45, 2.75) is 25.3 Å². The maximum Gasteiger partial charge on any atom is 0.255 e. The van der Waals surface area contributed by atoms with Crippen LogP contribution in [0.2, 0.25) is 0 Å². The third kappa shape index (κ3) is 6.85. The molecule has 1 atom stereocenters. The molecule has 35 heavy (non-hydrogen) atoms. The summed E-state index contributed by atoms with van der Waals surface area (Å²) in [6.45, 7) is 0.730. The maximum atomic E-state index is 13.5. The number of hydrogen-bond acceptors (Lipinski definition) is 6. The zero-order valence-corrected chi connectivity index (χ0v) is 19.1. The first kappa shape index (κ1) is 25.3. The van der Waals surface area contributed by atoms with E-state index in [2.05, 4.69) is 21.7 Å². The first-order chi connectivity index (χ1) is 16.9. The smallest absolute Gasteiger partial charge is 0.255 e. The van der Waals surface area contributed by atoms with E-state index < -0.39 is 17.9 Å². The van der Waals surface area contributed by atoms with E-state index >= 15 is 0 Å². The molecule has 6 N–H and O–H groups in total. The van der Waals surface area contributed by atoms with Crippen LogP contribution >= 0.6 is 0 Å². The topological polar surface area (TPSA) is 147 Å². The highest BCUT2D eigenvalue weighted by molar-refractivity contribution is 6.01. The van der Waals surface area contributed by atoms with Gasteiger partial charge in [-0.15, -0.1) is 0 Å². The van der Waals surface area contributed by atoms with Gasteiger partial charge in [-0.2, -0.15) is 5.26 Å². The SMILES string of the molecule is N#Cc1ccccc1-c1ccc(C(=O)NC(CCCN)C(N)=O)c(NCCc2cccc(F)c2)n1. The molecule has 0 fully saturated rings. The zero-order chi connectivity index (χ0) is 25.2. The van der Waals surface area contributed by atoms with Crippen LogP contribution in [0.1, 0.15) is 34.3 Å². The molecule has 3 rings (SSSR count). The number of amides is 2. The second kappa shape index (κ2) is 12.3. The molecule has 0 saturated carbocycles. The van der Waals surface area contributed by atoms with Crippen LogP contribution < -0.4 is 22.1 Å². The molecule has 0 spiro atoms. The van der Waals surface area contributed by atoms with Gasteiger partial charge in [0.25, 0.3) is 5.91 Å². The molecule has 2 amide bonds. The highest BCUT2D eigenvalue weighted by atomic mass is 19.1. The fourth-order valence-corrected chi connectivity index (χ4v) is 3.59. The molecule has 9 heteroatoms. The lowest BCUT2D eigenvalue weighted by molar-refractivity contribution is -0.120. The number of carbonyl (C=O) groups excluding carboxylic acids is 2. The molecular weight excluding hydrogens is 447 g/mol. The minimum absolute atomic E-state index is 0.210. The zero-order valence-electron chi connectivity index (χ0n) is 19.1. The number of aromatic nitrogens is 1. The normalized spacial score (nSPS) is 11.3. The van der Waals surface area contributed by atoms with Gasteiger partial charge < -0.3 is 22.1 Å². The molecular formula is C26H27FN6O2. The quantitative estimate of drug-likeness (QED) is 0.336. The standard InChI is InChI=1S/C26H27FN6O2/c27-19-7-3-5-17(15-19)12-14-31-25-21(26(35)33-23(24(30)34)9-4-13-28)10-11-22(32-25)20-8-2-1-6-18(20)16-29/h1-3,5-8,10-11,15,23H,4,9,12-14,28H2,(H2,30,34)(H,31,32)(H,33,35). The van der Waals surface area contributed by atoms with Crippen LogP contribution in [0, 0.1) is 17.1 Å². The lowest BCUT2D eigenvalue weighted by Gasteiger charge is -2.17. The molecule has 2 aromatic carbocycles. The van der Waals surface area contributed by atoms with E-state index in [4.69, 9.17) is 11.5 Å². The Balaban J connectivity index is 1.90.